The minimum atomic E-state index is -0.339. The van der Waals surface area contributed by atoms with Gasteiger partial charge in [0.1, 0.15) is 5.75 Å². The van der Waals surface area contributed by atoms with E-state index in [9.17, 15) is 9.59 Å². The normalized spacial score (nSPS) is 11.1. The number of anilines is 2. The fraction of sp³-hybridized carbons (Fsp3) is 0.280. The van der Waals surface area contributed by atoms with Crippen molar-refractivity contribution in [1.29, 1.82) is 0 Å². The number of guanidine groups is 1. The van der Waals surface area contributed by atoms with Crippen LogP contribution in [0.25, 0.3) is 0 Å². The molecule has 3 rings (SSSR count). The van der Waals surface area contributed by atoms with E-state index in [0.29, 0.717) is 29.2 Å². The highest BCUT2D eigenvalue weighted by molar-refractivity contribution is 6.10. The largest absolute Gasteiger partial charge is 0.495 e. The van der Waals surface area contributed by atoms with Crippen molar-refractivity contribution < 1.29 is 14.3 Å². The summed E-state index contributed by atoms with van der Waals surface area (Å²) in [5, 5.41) is 13.2. The van der Waals surface area contributed by atoms with Crippen LogP contribution in [0.5, 0.6) is 5.75 Å². The van der Waals surface area contributed by atoms with E-state index in [-0.39, 0.29) is 17.8 Å². The smallest absolute Gasteiger partial charge is 0.257 e. The third-order valence-corrected chi connectivity index (χ3v) is 4.97. The Hall–Kier alpha value is -4.14. The molecule has 0 atom stereocenters. The van der Waals surface area contributed by atoms with Gasteiger partial charge in [-0.1, -0.05) is 19.1 Å². The molecule has 9 nitrogen and oxygen atoms in total. The van der Waals surface area contributed by atoms with Crippen molar-refractivity contribution in [3.63, 3.8) is 0 Å². The first kappa shape index (κ1) is 24.5. The Kier molecular flexibility index (Phi) is 8.39. The second kappa shape index (κ2) is 11.6. The zero-order valence-electron chi connectivity index (χ0n) is 19.9. The molecule has 1 aromatic heterocycles. The van der Waals surface area contributed by atoms with E-state index in [4.69, 9.17) is 4.74 Å². The van der Waals surface area contributed by atoms with Crippen LogP contribution in [0.15, 0.2) is 59.7 Å². The Morgan fingerprint density at radius 3 is 2.50 bits per heavy atom. The van der Waals surface area contributed by atoms with Gasteiger partial charge in [0.05, 0.1) is 25.0 Å². The average Bonchev–Trinajstić information content (AvgIpc) is 3.17. The molecule has 9 heteroatoms. The Morgan fingerprint density at radius 2 is 1.82 bits per heavy atom. The Labute approximate surface area is 199 Å². The SMILES string of the molecule is CCCn1cc(CN=C(NC(=O)c2ccc(NC(C)=O)cc2)Nc2ccccc2OC)c(C)n1. The lowest BCUT2D eigenvalue weighted by molar-refractivity contribution is -0.114. The maximum Gasteiger partial charge on any atom is 0.257 e. The lowest BCUT2D eigenvalue weighted by atomic mass is 10.2. The summed E-state index contributed by atoms with van der Waals surface area (Å²) in [6.45, 7) is 6.65. The minimum Gasteiger partial charge on any atom is -0.495 e. The second-order valence-corrected chi connectivity index (χ2v) is 7.71. The van der Waals surface area contributed by atoms with Crippen LogP contribution in [0.2, 0.25) is 0 Å². The van der Waals surface area contributed by atoms with Crippen molar-refractivity contribution in [2.24, 2.45) is 4.99 Å². The van der Waals surface area contributed by atoms with Crippen molar-refractivity contribution in [1.82, 2.24) is 15.1 Å². The van der Waals surface area contributed by atoms with Gasteiger partial charge in [0.15, 0.2) is 0 Å². The lowest BCUT2D eigenvalue weighted by Crippen LogP contribution is -2.36. The van der Waals surface area contributed by atoms with Gasteiger partial charge in [0, 0.05) is 36.5 Å². The first-order valence-electron chi connectivity index (χ1n) is 11.1. The number of ether oxygens (including phenoxy) is 1. The van der Waals surface area contributed by atoms with E-state index in [2.05, 4.69) is 33.0 Å². The molecule has 0 saturated carbocycles. The molecule has 0 bridgehead atoms. The number of methoxy groups -OCH3 is 1. The van der Waals surface area contributed by atoms with Gasteiger partial charge in [-0.25, -0.2) is 4.99 Å². The number of carbonyl (C=O) groups excluding carboxylic acids is 2. The van der Waals surface area contributed by atoms with Gasteiger partial charge in [-0.05, 0) is 49.7 Å². The fourth-order valence-corrected chi connectivity index (χ4v) is 3.30. The van der Waals surface area contributed by atoms with Gasteiger partial charge < -0.3 is 15.4 Å². The summed E-state index contributed by atoms with van der Waals surface area (Å²) in [7, 11) is 1.58. The first-order chi connectivity index (χ1) is 16.4. The maximum atomic E-state index is 12.9. The van der Waals surface area contributed by atoms with Crippen LogP contribution in [-0.2, 0) is 17.9 Å². The van der Waals surface area contributed by atoms with E-state index >= 15 is 0 Å². The van der Waals surface area contributed by atoms with Gasteiger partial charge in [-0.2, -0.15) is 5.10 Å². The van der Waals surface area contributed by atoms with Crippen molar-refractivity contribution in [3.8, 4) is 5.75 Å². The number of carbonyl (C=O) groups is 2. The average molecular weight is 463 g/mol. The number of nitrogens with zero attached hydrogens (tertiary/aromatic N) is 3. The van der Waals surface area contributed by atoms with Crippen LogP contribution >= 0.6 is 0 Å². The predicted molar refractivity (Wildman–Crippen MR) is 133 cm³/mol. The number of rotatable bonds is 8. The number of hydrogen-bond donors (Lipinski definition) is 3. The third kappa shape index (κ3) is 6.68. The van der Waals surface area contributed by atoms with Crippen LogP contribution < -0.4 is 20.7 Å². The Morgan fingerprint density at radius 1 is 1.09 bits per heavy atom. The van der Waals surface area contributed by atoms with Gasteiger partial charge in [-0.3, -0.25) is 19.6 Å². The molecule has 1 heterocycles. The van der Waals surface area contributed by atoms with E-state index in [1.807, 2.05) is 42.1 Å². The molecular formula is C25H30N6O3. The molecule has 0 aliphatic rings. The molecule has 0 unspecified atom stereocenters. The van der Waals surface area contributed by atoms with Crippen LogP contribution in [-0.4, -0.2) is 34.7 Å². The fourth-order valence-electron chi connectivity index (χ4n) is 3.30. The van der Waals surface area contributed by atoms with E-state index in [1.54, 1.807) is 31.4 Å². The number of amides is 2. The number of aryl methyl sites for hydroxylation is 2. The summed E-state index contributed by atoms with van der Waals surface area (Å²) >= 11 is 0. The number of aromatic nitrogens is 2. The number of para-hydroxylation sites is 2. The monoisotopic (exact) mass is 462 g/mol. The quantitative estimate of drug-likeness (QED) is 0.347. The summed E-state index contributed by atoms with van der Waals surface area (Å²) in [6, 6.07) is 14.0. The zero-order chi connectivity index (χ0) is 24.5. The summed E-state index contributed by atoms with van der Waals surface area (Å²) < 4.78 is 7.32. The van der Waals surface area contributed by atoms with Crippen LogP contribution in [0.1, 0.15) is 41.9 Å². The van der Waals surface area contributed by atoms with Crippen molar-refractivity contribution in [2.75, 3.05) is 17.7 Å². The predicted octanol–water partition coefficient (Wildman–Crippen LogP) is 3.97. The second-order valence-electron chi connectivity index (χ2n) is 7.71. The van der Waals surface area contributed by atoms with Gasteiger partial charge in [-0.15, -0.1) is 0 Å². The molecule has 0 radical (unpaired) electrons. The molecular weight excluding hydrogens is 432 g/mol. The minimum absolute atomic E-state index is 0.176. The molecule has 3 aromatic rings. The summed E-state index contributed by atoms with van der Waals surface area (Å²) in [6.07, 6.45) is 2.97. The van der Waals surface area contributed by atoms with Crippen molar-refractivity contribution in [3.05, 3.63) is 71.5 Å². The highest BCUT2D eigenvalue weighted by Gasteiger charge is 2.13. The third-order valence-electron chi connectivity index (χ3n) is 4.97. The standard InChI is InChI=1S/C25H30N6O3/c1-5-14-31-16-20(17(2)30-31)15-26-25(28-22-8-6-7-9-23(22)34-4)29-24(33)19-10-12-21(13-11-19)27-18(3)32/h6-13,16H,5,14-15H2,1-4H3,(H,27,32)(H2,26,28,29,33). The van der Waals surface area contributed by atoms with Gasteiger partial charge in [0.2, 0.25) is 11.9 Å². The van der Waals surface area contributed by atoms with E-state index < -0.39 is 0 Å². The molecule has 0 aliphatic carbocycles. The number of nitrogens with one attached hydrogen (secondary N) is 3. The van der Waals surface area contributed by atoms with Crippen LogP contribution in [0.3, 0.4) is 0 Å². The molecule has 0 spiro atoms. The summed E-state index contributed by atoms with van der Waals surface area (Å²) in [5.74, 6) is 0.387. The Balaban J connectivity index is 1.82. The van der Waals surface area contributed by atoms with Crippen molar-refractivity contribution >= 4 is 29.1 Å². The van der Waals surface area contributed by atoms with Gasteiger partial charge in [0.25, 0.3) is 5.91 Å². The Bertz CT molecular complexity index is 1170. The van der Waals surface area contributed by atoms with E-state index in [1.165, 1.54) is 6.92 Å². The highest BCUT2D eigenvalue weighted by Crippen LogP contribution is 2.23. The summed E-state index contributed by atoms with van der Waals surface area (Å²) in [4.78, 5) is 28.8. The van der Waals surface area contributed by atoms with Crippen LogP contribution in [0, 0.1) is 6.92 Å². The lowest BCUT2D eigenvalue weighted by Gasteiger charge is -2.14. The zero-order valence-corrected chi connectivity index (χ0v) is 19.9. The molecule has 34 heavy (non-hydrogen) atoms. The molecule has 2 aromatic carbocycles. The van der Waals surface area contributed by atoms with Crippen molar-refractivity contribution in [2.45, 2.75) is 40.3 Å². The number of aliphatic imine (C=N–C) groups is 1. The summed E-state index contributed by atoms with van der Waals surface area (Å²) in [5.41, 5.74) is 3.58. The maximum absolute atomic E-state index is 12.9. The molecule has 0 fully saturated rings. The molecule has 0 saturated heterocycles. The van der Waals surface area contributed by atoms with Gasteiger partial charge >= 0.3 is 0 Å². The number of hydrogen-bond acceptors (Lipinski definition) is 5. The topological polar surface area (TPSA) is 110 Å². The molecule has 0 aliphatic heterocycles. The first-order valence-corrected chi connectivity index (χ1v) is 11.1. The molecule has 3 N–H and O–H groups in total. The highest BCUT2D eigenvalue weighted by atomic mass is 16.5. The van der Waals surface area contributed by atoms with E-state index in [0.717, 1.165) is 24.2 Å². The van der Waals surface area contributed by atoms with Crippen LogP contribution in [0.4, 0.5) is 11.4 Å². The molecule has 178 valence electrons. The number of benzene rings is 2. The molecule has 2 amide bonds.